The number of piperazine rings is 1. The van der Waals surface area contributed by atoms with E-state index < -0.39 is 0 Å². The maximum absolute atomic E-state index is 5.25. The summed E-state index contributed by atoms with van der Waals surface area (Å²) in [6.45, 7) is 11.0. The lowest BCUT2D eigenvalue weighted by Crippen LogP contribution is -2.90. The molecule has 0 aromatic heterocycles. The van der Waals surface area contributed by atoms with Crippen LogP contribution in [0.3, 0.4) is 0 Å². The van der Waals surface area contributed by atoms with Gasteiger partial charge in [0.05, 0.1) is 26.2 Å². The largest absolute Gasteiger partial charge is 0.359 e. The lowest BCUT2D eigenvalue weighted by Gasteiger charge is -2.27. The van der Waals surface area contributed by atoms with E-state index in [0.717, 1.165) is 43.4 Å². The van der Waals surface area contributed by atoms with E-state index in [1.807, 2.05) is 6.92 Å². The molecule has 0 unspecified atom stereocenters. The quantitative estimate of drug-likeness (QED) is 0.457. The number of nitrogens with one attached hydrogen (secondary N) is 1. The molecule has 0 saturated carbocycles. The summed E-state index contributed by atoms with van der Waals surface area (Å²) >= 11 is 5.25. The number of rotatable bonds is 2. The molecule has 1 rings (SSSR count). The second-order valence-corrected chi connectivity index (χ2v) is 3.86. The molecule has 1 heterocycles. The minimum absolute atomic E-state index is 0.791. The molecule has 3 nitrogen and oxygen atoms in total. The van der Waals surface area contributed by atoms with Crippen molar-refractivity contribution in [2.75, 3.05) is 32.7 Å². The minimum Gasteiger partial charge on any atom is -0.359 e. The topological polar surface area (TPSA) is 31.9 Å². The Morgan fingerprint density at radius 2 is 2.15 bits per heavy atom. The predicted molar refractivity (Wildman–Crippen MR) is 58.6 cm³/mol. The Morgan fingerprint density at radius 3 is 2.69 bits per heavy atom. The Labute approximate surface area is 85.2 Å². The zero-order valence-electron chi connectivity index (χ0n) is 8.18. The van der Waals surface area contributed by atoms with Gasteiger partial charge in [0.25, 0.3) is 0 Å². The van der Waals surface area contributed by atoms with Gasteiger partial charge in [-0.2, -0.15) is 0 Å². The average Bonchev–Trinajstić information content (AvgIpc) is 2.15. The summed E-state index contributed by atoms with van der Waals surface area (Å²) in [4.78, 5) is 2.22. The zero-order valence-corrected chi connectivity index (χ0v) is 8.99. The molecule has 0 amide bonds. The van der Waals surface area contributed by atoms with E-state index in [0.29, 0.717) is 0 Å². The summed E-state index contributed by atoms with van der Waals surface area (Å²) in [5, 5.41) is 6.38. The third kappa shape index (κ3) is 3.74. The first-order valence-corrected chi connectivity index (χ1v) is 5.10. The highest BCUT2D eigenvalue weighted by Crippen LogP contribution is 1.91. The molecule has 1 aliphatic heterocycles. The number of quaternary nitrogens is 1. The van der Waals surface area contributed by atoms with Crippen LogP contribution >= 0.6 is 12.2 Å². The number of hydrogen-bond donors (Lipinski definition) is 2. The van der Waals surface area contributed by atoms with Crippen LogP contribution in [0.4, 0.5) is 0 Å². The third-order valence-corrected chi connectivity index (χ3v) is 2.44. The van der Waals surface area contributed by atoms with Gasteiger partial charge in [-0.25, -0.2) is 0 Å². The molecule has 1 aliphatic rings. The van der Waals surface area contributed by atoms with E-state index in [2.05, 4.69) is 22.1 Å². The van der Waals surface area contributed by atoms with E-state index in [1.54, 1.807) is 0 Å². The van der Waals surface area contributed by atoms with Crippen molar-refractivity contribution in [1.29, 1.82) is 0 Å². The van der Waals surface area contributed by atoms with Crippen molar-refractivity contribution in [2.24, 2.45) is 0 Å². The first kappa shape index (κ1) is 10.5. The van der Waals surface area contributed by atoms with Gasteiger partial charge >= 0.3 is 0 Å². The van der Waals surface area contributed by atoms with Gasteiger partial charge in [0.2, 0.25) is 0 Å². The van der Waals surface area contributed by atoms with Crippen LogP contribution in [-0.2, 0) is 0 Å². The molecule has 74 valence electrons. The average molecular weight is 200 g/mol. The molecule has 0 bridgehead atoms. The van der Waals surface area contributed by atoms with E-state index in [-0.39, 0.29) is 0 Å². The summed E-state index contributed by atoms with van der Waals surface area (Å²) < 4.78 is 0. The number of nitrogens with two attached hydrogens (primary N) is 1. The highest BCUT2D eigenvalue weighted by atomic mass is 32.1. The standard InChI is InChI=1S/C9H17N3S/c1-8(2)7-11-9(13)12-5-3-10-4-6-12/h10H,1,3-7H2,2H3,(H,11,13)/p+1. The maximum Gasteiger partial charge on any atom is 0.169 e. The first-order chi connectivity index (χ1) is 6.20. The molecule has 13 heavy (non-hydrogen) atoms. The fraction of sp³-hybridized carbons (Fsp3) is 0.667. The molecule has 0 atom stereocenters. The SMILES string of the molecule is C=C(C)CNC(=S)N1CC[NH2+]CC1. The van der Waals surface area contributed by atoms with Crippen LogP contribution in [0.1, 0.15) is 6.92 Å². The molecule has 4 heteroatoms. The molecule has 0 aromatic rings. The van der Waals surface area contributed by atoms with Gasteiger partial charge in [0.15, 0.2) is 5.11 Å². The molecule has 0 aromatic carbocycles. The molecular weight excluding hydrogens is 182 g/mol. The summed E-state index contributed by atoms with van der Waals surface area (Å²) in [5.74, 6) is 0. The van der Waals surface area contributed by atoms with E-state index in [1.165, 1.54) is 0 Å². The highest BCUT2D eigenvalue weighted by molar-refractivity contribution is 7.80. The van der Waals surface area contributed by atoms with Crippen molar-refractivity contribution in [1.82, 2.24) is 10.2 Å². The van der Waals surface area contributed by atoms with Crippen molar-refractivity contribution >= 4 is 17.3 Å². The van der Waals surface area contributed by atoms with Crippen LogP contribution in [0.2, 0.25) is 0 Å². The summed E-state index contributed by atoms with van der Waals surface area (Å²) in [7, 11) is 0. The predicted octanol–water partition coefficient (Wildman–Crippen LogP) is -0.684. The molecule has 0 aliphatic carbocycles. The van der Waals surface area contributed by atoms with Crippen LogP contribution in [0, 0.1) is 0 Å². The van der Waals surface area contributed by atoms with Crippen molar-refractivity contribution in [2.45, 2.75) is 6.92 Å². The van der Waals surface area contributed by atoms with Crippen LogP contribution in [0.25, 0.3) is 0 Å². The normalized spacial score (nSPS) is 16.8. The third-order valence-electron chi connectivity index (χ3n) is 2.03. The Hall–Kier alpha value is -0.610. The number of nitrogens with zero attached hydrogens (tertiary/aromatic N) is 1. The molecule has 0 radical (unpaired) electrons. The molecule has 3 N–H and O–H groups in total. The van der Waals surface area contributed by atoms with Gasteiger partial charge in [-0.05, 0) is 19.1 Å². The van der Waals surface area contributed by atoms with Crippen molar-refractivity contribution in [3.05, 3.63) is 12.2 Å². The fourth-order valence-electron chi connectivity index (χ4n) is 1.29. The van der Waals surface area contributed by atoms with Crippen molar-refractivity contribution < 1.29 is 5.32 Å². The van der Waals surface area contributed by atoms with Gasteiger partial charge < -0.3 is 15.5 Å². The maximum atomic E-state index is 5.25. The summed E-state index contributed by atoms with van der Waals surface area (Å²) in [6, 6.07) is 0. The van der Waals surface area contributed by atoms with Gasteiger partial charge in [0.1, 0.15) is 0 Å². The van der Waals surface area contributed by atoms with Crippen molar-refractivity contribution in [3.63, 3.8) is 0 Å². The lowest BCUT2D eigenvalue weighted by molar-refractivity contribution is -0.661. The number of hydrogen-bond acceptors (Lipinski definition) is 1. The van der Waals surface area contributed by atoms with E-state index in [9.17, 15) is 0 Å². The molecule has 1 fully saturated rings. The minimum atomic E-state index is 0.791. The molecular formula is C9H18N3S+. The van der Waals surface area contributed by atoms with Gasteiger partial charge in [0, 0.05) is 6.54 Å². The zero-order chi connectivity index (χ0) is 9.68. The second-order valence-electron chi connectivity index (χ2n) is 3.47. The Bertz CT molecular complexity index is 197. The van der Waals surface area contributed by atoms with Crippen LogP contribution in [0.5, 0.6) is 0 Å². The Morgan fingerprint density at radius 1 is 1.54 bits per heavy atom. The summed E-state index contributed by atoms with van der Waals surface area (Å²) in [5.41, 5.74) is 1.12. The lowest BCUT2D eigenvalue weighted by atomic mass is 10.3. The van der Waals surface area contributed by atoms with Crippen molar-refractivity contribution in [3.8, 4) is 0 Å². The highest BCUT2D eigenvalue weighted by Gasteiger charge is 2.13. The Kier molecular flexibility index (Phi) is 4.18. The van der Waals surface area contributed by atoms with E-state index >= 15 is 0 Å². The second kappa shape index (κ2) is 5.19. The smallest absolute Gasteiger partial charge is 0.169 e. The summed E-state index contributed by atoms with van der Waals surface area (Å²) in [6.07, 6.45) is 0. The first-order valence-electron chi connectivity index (χ1n) is 4.69. The number of thiocarbonyl (C=S) groups is 1. The van der Waals surface area contributed by atoms with E-state index in [4.69, 9.17) is 12.2 Å². The van der Waals surface area contributed by atoms with Gasteiger partial charge in [-0.1, -0.05) is 12.2 Å². The molecule has 0 spiro atoms. The van der Waals surface area contributed by atoms with Crippen LogP contribution in [-0.4, -0.2) is 42.7 Å². The monoisotopic (exact) mass is 200 g/mol. The van der Waals surface area contributed by atoms with Crippen LogP contribution in [0.15, 0.2) is 12.2 Å². The Balaban J connectivity index is 2.25. The fourth-order valence-corrected chi connectivity index (χ4v) is 1.55. The van der Waals surface area contributed by atoms with Gasteiger partial charge in [-0.15, -0.1) is 0 Å². The van der Waals surface area contributed by atoms with Gasteiger partial charge in [-0.3, -0.25) is 0 Å². The van der Waals surface area contributed by atoms with Crippen LogP contribution < -0.4 is 10.6 Å². The molecule has 1 saturated heterocycles.